The van der Waals surface area contributed by atoms with Crippen molar-refractivity contribution in [1.82, 2.24) is 4.90 Å². The Morgan fingerprint density at radius 3 is 2.55 bits per heavy atom. The zero-order chi connectivity index (χ0) is 14.1. The normalized spacial score (nSPS) is 32.4. The zero-order valence-corrected chi connectivity index (χ0v) is 12.3. The average molecular weight is 273 g/mol. The predicted octanol–water partition coefficient (Wildman–Crippen LogP) is 2.96. The van der Waals surface area contributed by atoms with E-state index in [4.69, 9.17) is 4.74 Å². The largest absolute Gasteiger partial charge is 0.458 e. The minimum Gasteiger partial charge on any atom is -0.458 e. The monoisotopic (exact) mass is 273 g/mol. The number of ether oxygens (including phenoxy) is 1. The van der Waals surface area contributed by atoms with Crippen LogP contribution in [0, 0.1) is 11.8 Å². The molecule has 0 N–H and O–H groups in total. The lowest BCUT2D eigenvalue weighted by Gasteiger charge is -2.49. The van der Waals surface area contributed by atoms with E-state index in [1.807, 2.05) is 30.3 Å². The minimum absolute atomic E-state index is 0.0996. The number of benzene rings is 1. The van der Waals surface area contributed by atoms with E-state index in [2.05, 4.69) is 19.0 Å². The zero-order valence-electron chi connectivity index (χ0n) is 12.3. The van der Waals surface area contributed by atoms with Crippen molar-refractivity contribution in [2.75, 3.05) is 14.1 Å². The van der Waals surface area contributed by atoms with E-state index in [1.54, 1.807) is 0 Å². The fourth-order valence-electron chi connectivity index (χ4n) is 3.91. The number of carbonyl (C=O) groups is 1. The molecule has 4 unspecified atom stereocenters. The SMILES string of the molecule is CN(C)C1CC2CCC1C(OC(=O)c1ccccc1)C2. The van der Waals surface area contributed by atoms with Crippen molar-refractivity contribution in [1.29, 1.82) is 0 Å². The van der Waals surface area contributed by atoms with E-state index in [9.17, 15) is 4.79 Å². The molecule has 0 saturated heterocycles. The van der Waals surface area contributed by atoms with E-state index in [1.165, 1.54) is 19.3 Å². The number of hydrogen-bond acceptors (Lipinski definition) is 3. The summed E-state index contributed by atoms with van der Waals surface area (Å²) in [5.41, 5.74) is 0.662. The summed E-state index contributed by atoms with van der Waals surface area (Å²) in [6.45, 7) is 0. The van der Waals surface area contributed by atoms with Gasteiger partial charge >= 0.3 is 5.97 Å². The molecule has 0 aromatic heterocycles. The van der Waals surface area contributed by atoms with Gasteiger partial charge in [0.05, 0.1) is 5.56 Å². The molecule has 3 fully saturated rings. The van der Waals surface area contributed by atoms with Crippen LogP contribution in [-0.4, -0.2) is 37.1 Å². The van der Waals surface area contributed by atoms with Crippen molar-refractivity contribution >= 4 is 5.97 Å². The maximum atomic E-state index is 12.2. The molecule has 3 aliphatic carbocycles. The van der Waals surface area contributed by atoms with Crippen LogP contribution >= 0.6 is 0 Å². The quantitative estimate of drug-likeness (QED) is 0.793. The molecule has 3 heteroatoms. The topological polar surface area (TPSA) is 29.5 Å². The Labute approximate surface area is 120 Å². The standard InChI is InChI=1S/C17H23NO2/c1-18(2)15-10-12-8-9-14(15)16(11-12)20-17(19)13-6-4-3-5-7-13/h3-7,12,14-16H,8-11H2,1-2H3. The van der Waals surface area contributed by atoms with Crippen molar-refractivity contribution in [2.45, 2.75) is 37.8 Å². The van der Waals surface area contributed by atoms with Crippen LogP contribution in [0.1, 0.15) is 36.0 Å². The van der Waals surface area contributed by atoms with Gasteiger partial charge in [0, 0.05) is 12.0 Å². The summed E-state index contributed by atoms with van der Waals surface area (Å²) in [5.74, 6) is 1.06. The number of rotatable bonds is 3. The van der Waals surface area contributed by atoms with Gasteiger partial charge in [0.25, 0.3) is 0 Å². The summed E-state index contributed by atoms with van der Waals surface area (Å²) in [5, 5.41) is 0. The maximum Gasteiger partial charge on any atom is 0.338 e. The van der Waals surface area contributed by atoms with Gasteiger partial charge in [-0.3, -0.25) is 0 Å². The van der Waals surface area contributed by atoms with E-state index in [0.29, 0.717) is 17.5 Å². The van der Waals surface area contributed by atoms with Crippen molar-refractivity contribution in [2.24, 2.45) is 11.8 Å². The lowest BCUT2D eigenvalue weighted by atomic mass is 9.66. The highest BCUT2D eigenvalue weighted by Gasteiger charge is 2.44. The molecule has 1 aromatic carbocycles. The van der Waals surface area contributed by atoms with Crippen molar-refractivity contribution in [3.63, 3.8) is 0 Å². The predicted molar refractivity (Wildman–Crippen MR) is 78.6 cm³/mol. The fraction of sp³-hybridized carbons (Fsp3) is 0.588. The molecule has 108 valence electrons. The van der Waals surface area contributed by atoms with Gasteiger partial charge in [0.15, 0.2) is 0 Å². The van der Waals surface area contributed by atoms with E-state index in [0.717, 1.165) is 12.3 Å². The van der Waals surface area contributed by atoms with Crippen LogP contribution < -0.4 is 0 Å². The third-order valence-electron chi connectivity index (χ3n) is 4.95. The van der Waals surface area contributed by atoms with Crippen LogP contribution in [-0.2, 0) is 4.74 Å². The summed E-state index contributed by atoms with van der Waals surface area (Å²) in [6.07, 6.45) is 4.90. The molecule has 0 radical (unpaired) electrons. The third-order valence-corrected chi connectivity index (χ3v) is 4.95. The first kappa shape index (κ1) is 13.6. The Hall–Kier alpha value is -1.35. The minimum atomic E-state index is -0.166. The summed E-state index contributed by atoms with van der Waals surface area (Å²) < 4.78 is 5.83. The molecule has 2 bridgehead atoms. The highest BCUT2D eigenvalue weighted by atomic mass is 16.5. The molecule has 20 heavy (non-hydrogen) atoms. The van der Waals surface area contributed by atoms with Gasteiger partial charge in [-0.15, -0.1) is 0 Å². The number of fused-ring (bicyclic) bond motifs is 3. The molecule has 0 heterocycles. The summed E-state index contributed by atoms with van der Waals surface area (Å²) in [4.78, 5) is 14.5. The van der Waals surface area contributed by atoms with Crippen LogP contribution in [0.2, 0.25) is 0 Å². The second kappa shape index (κ2) is 5.57. The molecule has 4 atom stereocenters. The van der Waals surface area contributed by atoms with Gasteiger partial charge < -0.3 is 9.64 Å². The first-order valence-corrected chi connectivity index (χ1v) is 7.57. The van der Waals surface area contributed by atoms with E-state index >= 15 is 0 Å². The van der Waals surface area contributed by atoms with Crippen molar-refractivity contribution < 1.29 is 9.53 Å². The summed E-state index contributed by atoms with van der Waals surface area (Å²) in [6, 6.07) is 9.90. The molecule has 4 rings (SSSR count). The van der Waals surface area contributed by atoms with Crippen LogP contribution in [0.3, 0.4) is 0 Å². The average Bonchev–Trinajstić information content (AvgIpc) is 2.48. The van der Waals surface area contributed by atoms with Gasteiger partial charge in [-0.1, -0.05) is 18.2 Å². The smallest absolute Gasteiger partial charge is 0.338 e. The molecule has 1 aromatic rings. The number of hydrogen-bond donors (Lipinski definition) is 0. The molecule has 0 amide bonds. The molecule has 3 aliphatic rings. The number of nitrogens with zero attached hydrogens (tertiary/aromatic N) is 1. The van der Waals surface area contributed by atoms with Gasteiger partial charge in [0.2, 0.25) is 0 Å². The Kier molecular flexibility index (Phi) is 3.79. The van der Waals surface area contributed by atoms with Crippen LogP contribution in [0.15, 0.2) is 30.3 Å². The molecule has 3 nitrogen and oxygen atoms in total. The number of carbonyl (C=O) groups excluding carboxylic acids is 1. The second-order valence-electron chi connectivity index (χ2n) is 6.42. The van der Waals surface area contributed by atoms with Gasteiger partial charge in [0.1, 0.15) is 6.10 Å². The van der Waals surface area contributed by atoms with Gasteiger partial charge in [-0.05, 0) is 57.8 Å². The Morgan fingerprint density at radius 2 is 1.90 bits per heavy atom. The van der Waals surface area contributed by atoms with Gasteiger partial charge in [-0.25, -0.2) is 4.79 Å². The van der Waals surface area contributed by atoms with E-state index < -0.39 is 0 Å². The van der Waals surface area contributed by atoms with Crippen molar-refractivity contribution in [3.8, 4) is 0 Å². The second-order valence-corrected chi connectivity index (χ2v) is 6.42. The summed E-state index contributed by atoms with van der Waals surface area (Å²) >= 11 is 0. The highest BCUT2D eigenvalue weighted by molar-refractivity contribution is 5.89. The van der Waals surface area contributed by atoms with Crippen LogP contribution in [0.25, 0.3) is 0 Å². The van der Waals surface area contributed by atoms with Crippen LogP contribution in [0.5, 0.6) is 0 Å². The maximum absolute atomic E-state index is 12.2. The molecule has 0 aliphatic heterocycles. The fourth-order valence-corrected chi connectivity index (χ4v) is 3.91. The lowest BCUT2D eigenvalue weighted by molar-refractivity contribution is -0.0629. The van der Waals surface area contributed by atoms with E-state index in [-0.39, 0.29) is 12.1 Å². The highest BCUT2D eigenvalue weighted by Crippen LogP contribution is 2.44. The molecular weight excluding hydrogens is 250 g/mol. The Balaban J connectivity index is 1.70. The van der Waals surface area contributed by atoms with Crippen molar-refractivity contribution in [3.05, 3.63) is 35.9 Å². The van der Waals surface area contributed by atoms with Gasteiger partial charge in [-0.2, -0.15) is 0 Å². The first-order chi connectivity index (χ1) is 9.65. The molecule has 0 spiro atoms. The summed E-state index contributed by atoms with van der Waals surface area (Å²) in [7, 11) is 4.28. The Bertz CT molecular complexity index is 471. The first-order valence-electron chi connectivity index (χ1n) is 7.57. The third kappa shape index (κ3) is 2.59. The Morgan fingerprint density at radius 1 is 1.15 bits per heavy atom. The van der Waals surface area contributed by atoms with Crippen LogP contribution in [0.4, 0.5) is 0 Å². The molecule has 3 saturated carbocycles. The lowest BCUT2D eigenvalue weighted by Crippen LogP contribution is -2.52. The molecular formula is C17H23NO2. The number of esters is 1.